The number of hydrogen-bond donors (Lipinski definition) is 1. The third-order valence-electron chi connectivity index (χ3n) is 3.81. The number of Topliss-reactive ketones (excluding diaryl/α,β-unsaturated/α-hetero) is 1. The number of rotatable bonds is 2. The first kappa shape index (κ1) is 15.0. The van der Waals surface area contributed by atoms with Crippen LogP contribution in [-0.2, 0) is 4.79 Å². The van der Waals surface area contributed by atoms with E-state index in [2.05, 4.69) is 5.32 Å². The van der Waals surface area contributed by atoms with Crippen molar-refractivity contribution in [3.63, 3.8) is 0 Å². The molecule has 1 heterocycles. The molecule has 116 valence electrons. The molecule has 0 saturated carbocycles. The van der Waals surface area contributed by atoms with E-state index in [1.165, 1.54) is 6.92 Å². The highest BCUT2D eigenvalue weighted by atomic mass is 16.2. The van der Waals surface area contributed by atoms with Crippen molar-refractivity contribution < 1.29 is 14.4 Å². The molecule has 23 heavy (non-hydrogen) atoms. The van der Waals surface area contributed by atoms with E-state index in [4.69, 9.17) is 0 Å². The number of anilines is 2. The molecule has 0 fully saturated rings. The smallest absolute Gasteiger partial charge is 0.258 e. The van der Waals surface area contributed by atoms with Crippen LogP contribution in [0.3, 0.4) is 0 Å². The van der Waals surface area contributed by atoms with Gasteiger partial charge in [0.2, 0.25) is 5.91 Å². The number of para-hydroxylation sites is 2. The lowest BCUT2D eigenvalue weighted by atomic mass is 10.1. The Hall–Kier alpha value is -2.95. The Kier molecular flexibility index (Phi) is 3.93. The second kappa shape index (κ2) is 6.04. The molecule has 2 aromatic carbocycles. The predicted octanol–water partition coefficient (Wildman–Crippen LogP) is 2.88. The van der Waals surface area contributed by atoms with Crippen molar-refractivity contribution in [2.45, 2.75) is 13.3 Å². The van der Waals surface area contributed by atoms with Crippen molar-refractivity contribution in [1.29, 1.82) is 0 Å². The number of nitrogens with zero attached hydrogens (tertiary/aromatic N) is 1. The van der Waals surface area contributed by atoms with Crippen LogP contribution < -0.4 is 10.2 Å². The zero-order valence-corrected chi connectivity index (χ0v) is 12.7. The molecule has 0 radical (unpaired) electrons. The summed E-state index contributed by atoms with van der Waals surface area (Å²) in [5.41, 5.74) is 2.36. The number of carbonyl (C=O) groups is 3. The molecule has 2 amide bonds. The highest BCUT2D eigenvalue weighted by molar-refractivity contribution is 6.10. The summed E-state index contributed by atoms with van der Waals surface area (Å²) in [7, 11) is 0. The van der Waals surface area contributed by atoms with Crippen LogP contribution in [0, 0.1) is 0 Å². The maximum Gasteiger partial charge on any atom is 0.258 e. The van der Waals surface area contributed by atoms with Crippen LogP contribution in [-0.4, -0.2) is 24.1 Å². The number of fused-ring (bicyclic) bond motifs is 1. The molecule has 5 nitrogen and oxygen atoms in total. The standard InChI is InChI=1S/C18H16N2O3/c1-12(21)13-6-8-14(9-7-13)18(23)20-11-10-17(22)19-15-4-2-3-5-16(15)20/h2-9H,10-11H2,1H3,(H,19,22). The maximum absolute atomic E-state index is 12.8. The lowest BCUT2D eigenvalue weighted by Crippen LogP contribution is -2.31. The van der Waals surface area contributed by atoms with Crippen LogP contribution in [0.4, 0.5) is 11.4 Å². The van der Waals surface area contributed by atoms with Crippen LogP contribution in [0.1, 0.15) is 34.1 Å². The summed E-state index contributed by atoms with van der Waals surface area (Å²) in [6.07, 6.45) is 0.242. The number of amides is 2. The Labute approximate surface area is 133 Å². The van der Waals surface area contributed by atoms with Crippen LogP contribution >= 0.6 is 0 Å². The fourth-order valence-electron chi connectivity index (χ4n) is 2.58. The van der Waals surface area contributed by atoms with E-state index in [-0.39, 0.29) is 24.0 Å². The van der Waals surface area contributed by atoms with Crippen molar-refractivity contribution in [3.05, 3.63) is 59.7 Å². The van der Waals surface area contributed by atoms with E-state index in [0.717, 1.165) is 0 Å². The van der Waals surface area contributed by atoms with Gasteiger partial charge in [-0.1, -0.05) is 24.3 Å². The molecular weight excluding hydrogens is 292 g/mol. The van der Waals surface area contributed by atoms with E-state index >= 15 is 0 Å². The second-order valence-corrected chi connectivity index (χ2v) is 5.41. The first-order valence-electron chi connectivity index (χ1n) is 7.38. The Balaban J connectivity index is 1.95. The summed E-state index contributed by atoms with van der Waals surface area (Å²) in [6, 6.07) is 13.8. The summed E-state index contributed by atoms with van der Waals surface area (Å²) >= 11 is 0. The zero-order chi connectivity index (χ0) is 16.4. The van der Waals surface area contributed by atoms with Gasteiger partial charge < -0.3 is 10.2 Å². The molecule has 0 aliphatic carbocycles. The first-order valence-corrected chi connectivity index (χ1v) is 7.38. The molecule has 1 aliphatic heterocycles. The topological polar surface area (TPSA) is 66.5 Å². The van der Waals surface area contributed by atoms with Crippen molar-refractivity contribution in [2.24, 2.45) is 0 Å². The average molecular weight is 308 g/mol. The van der Waals surface area contributed by atoms with Gasteiger partial charge in [-0.15, -0.1) is 0 Å². The summed E-state index contributed by atoms with van der Waals surface area (Å²) in [5, 5.41) is 2.81. The van der Waals surface area contributed by atoms with Gasteiger partial charge in [0.05, 0.1) is 11.4 Å². The Morgan fingerprint density at radius 2 is 1.65 bits per heavy atom. The minimum absolute atomic E-state index is 0.0427. The van der Waals surface area contributed by atoms with Crippen molar-refractivity contribution in [1.82, 2.24) is 0 Å². The van der Waals surface area contributed by atoms with Crippen molar-refractivity contribution in [2.75, 3.05) is 16.8 Å². The molecule has 0 bridgehead atoms. The minimum Gasteiger partial charge on any atom is -0.324 e. The lowest BCUT2D eigenvalue weighted by Gasteiger charge is -2.22. The van der Waals surface area contributed by atoms with Gasteiger partial charge in [-0.25, -0.2) is 0 Å². The van der Waals surface area contributed by atoms with E-state index in [9.17, 15) is 14.4 Å². The van der Waals surface area contributed by atoms with E-state index in [1.54, 1.807) is 35.2 Å². The molecule has 1 N–H and O–H groups in total. The lowest BCUT2D eigenvalue weighted by molar-refractivity contribution is -0.115. The normalized spacial score (nSPS) is 13.8. The van der Waals surface area contributed by atoms with E-state index in [0.29, 0.717) is 29.0 Å². The Morgan fingerprint density at radius 1 is 1.00 bits per heavy atom. The Morgan fingerprint density at radius 3 is 2.35 bits per heavy atom. The third-order valence-corrected chi connectivity index (χ3v) is 3.81. The zero-order valence-electron chi connectivity index (χ0n) is 12.7. The minimum atomic E-state index is -0.191. The molecule has 3 rings (SSSR count). The fourth-order valence-corrected chi connectivity index (χ4v) is 2.58. The van der Waals surface area contributed by atoms with Gasteiger partial charge in [0.15, 0.2) is 5.78 Å². The molecule has 0 aromatic heterocycles. The second-order valence-electron chi connectivity index (χ2n) is 5.41. The quantitative estimate of drug-likeness (QED) is 0.868. The van der Waals surface area contributed by atoms with Crippen LogP contribution in [0.15, 0.2) is 48.5 Å². The molecule has 1 aliphatic rings. The molecule has 0 unspecified atom stereocenters. The van der Waals surface area contributed by atoms with Crippen molar-refractivity contribution >= 4 is 29.0 Å². The number of ketones is 1. The largest absolute Gasteiger partial charge is 0.324 e. The fraction of sp³-hybridized carbons (Fsp3) is 0.167. The third kappa shape index (κ3) is 2.99. The van der Waals surface area contributed by atoms with Gasteiger partial charge in [0, 0.05) is 24.1 Å². The summed E-state index contributed by atoms with van der Waals surface area (Å²) < 4.78 is 0. The van der Waals surface area contributed by atoms with E-state index in [1.807, 2.05) is 18.2 Å². The number of nitrogens with one attached hydrogen (secondary N) is 1. The van der Waals surface area contributed by atoms with Gasteiger partial charge in [0.1, 0.15) is 0 Å². The van der Waals surface area contributed by atoms with Crippen LogP contribution in [0.25, 0.3) is 0 Å². The predicted molar refractivity (Wildman–Crippen MR) is 87.8 cm³/mol. The maximum atomic E-state index is 12.8. The van der Waals surface area contributed by atoms with Crippen LogP contribution in [0.2, 0.25) is 0 Å². The summed E-state index contributed by atoms with van der Waals surface area (Å²) in [5.74, 6) is -0.345. The number of benzene rings is 2. The van der Waals surface area contributed by atoms with E-state index < -0.39 is 0 Å². The number of hydrogen-bond acceptors (Lipinski definition) is 3. The van der Waals surface area contributed by atoms with Gasteiger partial charge in [-0.05, 0) is 31.2 Å². The number of carbonyl (C=O) groups excluding carboxylic acids is 3. The summed E-state index contributed by atoms with van der Waals surface area (Å²) in [4.78, 5) is 37.5. The van der Waals surface area contributed by atoms with Crippen molar-refractivity contribution in [3.8, 4) is 0 Å². The molecule has 0 spiro atoms. The Bertz CT molecular complexity index is 781. The highest BCUT2D eigenvalue weighted by Gasteiger charge is 2.24. The van der Waals surface area contributed by atoms with Gasteiger partial charge in [0.25, 0.3) is 5.91 Å². The summed E-state index contributed by atoms with van der Waals surface area (Å²) in [6.45, 7) is 1.80. The van der Waals surface area contributed by atoms with Gasteiger partial charge >= 0.3 is 0 Å². The average Bonchev–Trinajstić information content (AvgIpc) is 2.72. The molecule has 5 heteroatoms. The van der Waals surface area contributed by atoms with Crippen LogP contribution in [0.5, 0.6) is 0 Å². The molecule has 2 aromatic rings. The first-order chi connectivity index (χ1) is 11.1. The molecule has 0 saturated heterocycles. The SMILES string of the molecule is CC(=O)c1ccc(C(=O)N2CCC(=O)Nc3ccccc32)cc1. The van der Waals surface area contributed by atoms with Gasteiger partial charge in [-0.3, -0.25) is 14.4 Å². The highest BCUT2D eigenvalue weighted by Crippen LogP contribution is 2.29. The monoisotopic (exact) mass is 308 g/mol. The molecule has 0 atom stereocenters. The van der Waals surface area contributed by atoms with Gasteiger partial charge in [-0.2, -0.15) is 0 Å². The molecular formula is C18H16N2O3.